The topological polar surface area (TPSA) is 59.4 Å². The van der Waals surface area contributed by atoms with Gasteiger partial charge in [-0.15, -0.1) is 0 Å². The molecule has 0 bridgehead atoms. The van der Waals surface area contributed by atoms with Gasteiger partial charge in [-0.3, -0.25) is 14.4 Å². The van der Waals surface area contributed by atoms with Crippen LogP contribution in [0.25, 0.3) is 11.3 Å². The zero-order chi connectivity index (χ0) is 17.8. The fourth-order valence-electron chi connectivity index (χ4n) is 3.17. The molecule has 3 rings (SSSR count). The summed E-state index contributed by atoms with van der Waals surface area (Å²) in [6, 6.07) is 8.17. The number of hydrogen-bond acceptors (Lipinski definition) is 4. The van der Waals surface area contributed by atoms with Crippen LogP contribution < -0.4 is 5.32 Å². The van der Waals surface area contributed by atoms with E-state index in [-0.39, 0.29) is 5.91 Å². The van der Waals surface area contributed by atoms with Crippen molar-refractivity contribution in [3.8, 4) is 11.3 Å². The molecule has 1 fully saturated rings. The van der Waals surface area contributed by atoms with Gasteiger partial charge < -0.3 is 10.1 Å². The van der Waals surface area contributed by atoms with E-state index < -0.39 is 0 Å². The highest BCUT2D eigenvalue weighted by Gasteiger charge is 2.16. The molecule has 1 amide bonds. The van der Waals surface area contributed by atoms with Crippen molar-refractivity contribution >= 4 is 5.91 Å². The van der Waals surface area contributed by atoms with Gasteiger partial charge in [0, 0.05) is 38.8 Å². The molecule has 1 N–H and O–H groups in total. The van der Waals surface area contributed by atoms with Crippen LogP contribution in [-0.4, -0.2) is 60.0 Å². The van der Waals surface area contributed by atoms with Gasteiger partial charge in [0.25, 0.3) is 5.91 Å². The van der Waals surface area contributed by atoms with Crippen LogP contribution in [0.5, 0.6) is 0 Å². The number of carbonyl (C=O) groups is 1. The number of hydrogen-bond donors (Lipinski definition) is 1. The molecule has 0 unspecified atom stereocenters. The van der Waals surface area contributed by atoms with E-state index in [0.29, 0.717) is 12.2 Å². The molecule has 0 atom stereocenters. The Kier molecular flexibility index (Phi) is 5.50. The Bertz CT molecular complexity index is 748. The van der Waals surface area contributed by atoms with E-state index in [9.17, 15) is 4.79 Å². The lowest BCUT2D eigenvalue weighted by molar-refractivity contribution is 0.0383. The van der Waals surface area contributed by atoms with Gasteiger partial charge in [0.2, 0.25) is 0 Å². The van der Waals surface area contributed by atoms with Crippen molar-refractivity contribution in [1.29, 1.82) is 0 Å². The van der Waals surface area contributed by atoms with Gasteiger partial charge in [-0.05, 0) is 25.5 Å². The summed E-state index contributed by atoms with van der Waals surface area (Å²) >= 11 is 0. The Labute approximate surface area is 148 Å². The summed E-state index contributed by atoms with van der Waals surface area (Å²) in [5.74, 6) is -0.125. The fraction of sp³-hybridized carbons (Fsp3) is 0.474. The van der Waals surface area contributed by atoms with Crippen LogP contribution >= 0.6 is 0 Å². The van der Waals surface area contributed by atoms with E-state index in [4.69, 9.17) is 4.74 Å². The maximum absolute atomic E-state index is 12.4. The third kappa shape index (κ3) is 4.27. The molecule has 134 valence electrons. The molecule has 0 aliphatic carbocycles. The number of aryl methyl sites for hydroxylation is 3. The van der Waals surface area contributed by atoms with E-state index >= 15 is 0 Å². The van der Waals surface area contributed by atoms with Crippen molar-refractivity contribution in [1.82, 2.24) is 20.0 Å². The van der Waals surface area contributed by atoms with E-state index in [1.807, 2.05) is 13.1 Å². The van der Waals surface area contributed by atoms with Gasteiger partial charge in [0.1, 0.15) is 0 Å². The first-order chi connectivity index (χ1) is 12.0. The molecule has 2 aromatic rings. The number of benzene rings is 1. The minimum absolute atomic E-state index is 0.125. The summed E-state index contributed by atoms with van der Waals surface area (Å²) in [6.45, 7) is 9.01. The lowest BCUT2D eigenvalue weighted by Crippen LogP contribution is -2.41. The molecule has 1 aromatic heterocycles. The average molecular weight is 342 g/mol. The van der Waals surface area contributed by atoms with Crippen LogP contribution in [0.2, 0.25) is 0 Å². The van der Waals surface area contributed by atoms with Gasteiger partial charge >= 0.3 is 0 Å². The summed E-state index contributed by atoms with van der Waals surface area (Å²) in [5.41, 5.74) is 4.93. The number of morpholine rings is 1. The Balaban J connectivity index is 1.63. The Morgan fingerprint density at radius 2 is 2.00 bits per heavy atom. The third-order valence-electron chi connectivity index (χ3n) is 4.59. The van der Waals surface area contributed by atoms with Crippen molar-refractivity contribution in [2.45, 2.75) is 13.8 Å². The molecular formula is C19H26N4O2. The second-order valence-corrected chi connectivity index (χ2v) is 6.57. The lowest BCUT2D eigenvalue weighted by Gasteiger charge is -2.26. The molecule has 1 saturated heterocycles. The molecule has 1 aromatic carbocycles. The highest BCUT2D eigenvalue weighted by Crippen LogP contribution is 2.24. The Hall–Kier alpha value is -2.18. The molecule has 0 saturated carbocycles. The molecule has 2 heterocycles. The zero-order valence-electron chi connectivity index (χ0n) is 15.2. The molecule has 1 aliphatic rings. The van der Waals surface area contributed by atoms with Gasteiger partial charge in [-0.1, -0.05) is 23.8 Å². The number of nitrogens with one attached hydrogen (secondary N) is 1. The highest BCUT2D eigenvalue weighted by atomic mass is 16.5. The van der Waals surface area contributed by atoms with Crippen LogP contribution in [-0.2, 0) is 11.8 Å². The normalized spacial score (nSPS) is 15.3. The SMILES string of the molecule is Cc1ccc(-c2cc(C(=O)NCCN3CCOCC3)nn2C)c(C)c1. The molecule has 25 heavy (non-hydrogen) atoms. The van der Waals surface area contributed by atoms with Crippen LogP contribution in [0.4, 0.5) is 0 Å². The Morgan fingerprint density at radius 3 is 2.72 bits per heavy atom. The van der Waals surface area contributed by atoms with Crippen molar-refractivity contribution in [2.75, 3.05) is 39.4 Å². The predicted molar refractivity (Wildman–Crippen MR) is 97.7 cm³/mol. The van der Waals surface area contributed by atoms with Crippen molar-refractivity contribution in [3.05, 3.63) is 41.1 Å². The largest absolute Gasteiger partial charge is 0.379 e. The molecular weight excluding hydrogens is 316 g/mol. The number of carbonyl (C=O) groups excluding carboxylic acids is 1. The van der Waals surface area contributed by atoms with E-state index in [1.165, 1.54) is 11.1 Å². The molecule has 1 aliphatic heterocycles. The van der Waals surface area contributed by atoms with Crippen LogP contribution in [0, 0.1) is 13.8 Å². The van der Waals surface area contributed by atoms with Gasteiger partial charge in [-0.25, -0.2) is 0 Å². The summed E-state index contributed by atoms with van der Waals surface area (Å²) in [7, 11) is 1.87. The van der Waals surface area contributed by atoms with E-state index in [0.717, 1.165) is 44.1 Å². The first-order valence-corrected chi connectivity index (χ1v) is 8.74. The number of rotatable bonds is 5. The summed E-state index contributed by atoms with van der Waals surface area (Å²) in [4.78, 5) is 14.7. The molecule has 0 radical (unpaired) electrons. The quantitative estimate of drug-likeness (QED) is 0.900. The van der Waals surface area contributed by atoms with Crippen LogP contribution in [0.3, 0.4) is 0 Å². The van der Waals surface area contributed by atoms with Crippen molar-refractivity contribution < 1.29 is 9.53 Å². The molecule has 0 spiro atoms. The second kappa shape index (κ2) is 7.80. The minimum atomic E-state index is -0.125. The monoisotopic (exact) mass is 342 g/mol. The van der Waals surface area contributed by atoms with Gasteiger partial charge in [0.15, 0.2) is 5.69 Å². The Morgan fingerprint density at radius 1 is 1.24 bits per heavy atom. The predicted octanol–water partition coefficient (Wildman–Crippen LogP) is 1.77. The van der Waals surface area contributed by atoms with E-state index in [2.05, 4.69) is 47.4 Å². The van der Waals surface area contributed by atoms with Crippen molar-refractivity contribution in [3.63, 3.8) is 0 Å². The number of ether oxygens (including phenoxy) is 1. The minimum Gasteiger partial charge on any atom is -0.379 e. The summed E-state index contributed by atoms with van der Waals surface area (Å²) < 4.78 is 7.10. The van der Waals surface area contributed by atoms with Crippen LogP contribution in [0.1, 0.15) is 21.6 Å². The lowest BCUT2D eigenvalue weighted by atomic mass is 10.0. The van der Waals surface area contributed by atoms with Gasteiger partial charge in [0.05, 0.1) is 18.9 Å². The maximum atomic E-state index is 12.4. The summed E-state index contributed by atoms with van der Waals surface area (Å²) in [6.07, 6.45) is 0. The standard InChI is InChI=1S/C19H26N4O2/c1-14-4-5-16(15(2)12-14)18-13-17(21-22(18)3)19(24)20-6-7-23-8-10-25-11-9-23/h4-5,12-13H,6-11H2,1-3H3,(H,20,24). The average Bonchev–Trinajstić information content (AvgIpc) is 2.97. The third-order valence-corrected chi connectivity index (χ3v) is 4.59. The molecule has 6 nitrogen and oxygen atoms in total. The second-order valence-electron chi connectivity index (χ2n) is 6.57. The number of amides is 1. The van der Waals surface area contributed by atoms with Gasteiger partial charge in [-0.2, -0.15) is 5.10 Å². The first kappa shape index (κ1) is 17.6. The summed E-state index contributed by atoms with van der Waals surface area (Å²) in [5, 5.41) is 7.35. The maximum Gasteiger partial charge on any atom is 0.271 e. The van der Waals surface area contributed by atoms with E-state index in [1.54, 1.807) is 4.68 Å². The molecule has 6 heteroatoms. The smallest absolute Gasteiger partial charge is 0.271 e. The van der Waals surface area contributed by atoms with Crippen LogP contribution in [0.15, 0.2) is 24.3 Å². The zero-order valence-corrected chi connectivity index (χ0v) is 15.2. The first-order valence-electron chi connectivity index (χ1n) is 8.74. The number of aromatic nitrogens is 2. The highest BCUT2D eigenvalue weighted by molar-refractivity contribution is 5.93. The fourth-order valence-corrected chi connectivity index (χ4v) is 3.17. The number of nitrogens with zero attached hydrogens (tertiary/aromatic N) is 3. The van der Waals surface area contributed by atoms with Crippen molar-refractivity contribution in [2.24, 2.45) is 7.05 Å².